The van der Waals surface area contributed by atoms with Crippen LogP contribution in [0.5, 0.6) is 0 Å². The summed E-state index contributed by atoms with van der Waals surface area (Å²) in [6.45, 7) is 1.89. The lowest BCUT2D eigenvalue weighted by Crippen LogP contribution is -1.99. The highest BCUT2D eigenvalue weighted by Gasteiger charge is 2.22. The van der Waals surface area contributed by atoms with Crippen molar-refractivity contribution < 1.29 is 14.3 Å². The molecular weight excluding hydrogens is 333 g/mol. The molecule has 0 atom stereocenters. The van der Waals surface area contributed by atoms with Crippen molar-refractivity contribution in [3.8, 4) is 10.4 Å². The number of carbonyl (C=O) groups is 1. The summed E-state index contributed by atoms with van der Waals surface area (Å²) < 4.78 is 13.9. The molecule has 2 rings (SSSR count). The van der Waals surface area contributed by atoms with Gasteiger partial charge in [-0.3, -0.25) is 0 Å². The highest BCUT2D eigenvalue weighted by molar-refractivity contribution is 9.10. The number of halogens is 2. The largest absolute Gasteiger partial charge is 0.477 e. The summed E-state index contributed by atoms with van der Waals surface area (Å²) in [6.07, 6.45) is 0.591. The summed E-state index contributed by atoms with van der Waals surface area (Å²) in [6, 6.07) is 4.67. The molecule has 19 heavy (non-hydrogen) atoms. The third-order valence-electron chi connectivity index (χ3n) is 2.79. The van der Waals surface area contributed by atoms with E-state index in [1.807, 2.05) is 6.92 Å². The molecule has 0 saturated heterocycles. The molecule has 0 aliphatic rings. The summed E-state index contributed by atoms with van der Waals surface area (Å²) in [5, 5.41) is 9.11. The fourth-order valence-corrected chi connectivity index (χ4v) is 3.66. The van der Waals surface area contributed by atoms with E-state index in [1.165, 1.54) is 6.07 Å². The van der Waals surface area contributed by atoms with Crippen LogP contribution in [0.15, 0.2) is 22.7 Å². The fourth-order valence-electron chi connectivity index (χ4n) is 1.88. The van der Waals surface area contributed by atoms with Gasteiger partial charge in [-0.05, 0) is 34.0 Å². The van der Waals surface area contributed by atoms with Gasteiger partial charge in [0.15, 0.2) is 0 Å². The smallest absolute Gasteiger partial charge is 0.348 e. The van der Waals surface area contributed by atoms with E-state index in [4.69, 9.17) is 10.8 Å². The topological polar surface area (TPSA) is 63.3 Å². The summed E-state index contributed by atoms with van der Waals surface area (Å²) >= 11 is 4.27. The number of carboxylic acid groups (broad SMARTS) is 1. The van der Waals surface area contributed by atoms with Crippen molar-refractivity contribution in [2.75, 3.05) is 5.73 Å². The van der Waals surface area contributed by atoms with Crippen LogP contribution >= 0.6 is 27.3 Å². The van der Waals surface area contributed by atoms with Crippen LogP contribution in [0.1, 0.15) is 22.2 Å². The van der Waals surface area contributed by atoms with Crippen LogP contribution in [0.3, 0.4) is 0 Å². The van der Waals surface area contributed by atoms with Gasteiger partial charge < -0.3 is 10.8 Å². The van der Waals surface area contributed by atoms with Crippen LogP contribution in [0.4, 0.5) is 10.1 Å². The second-order valence-corrected chi connectivity index (χ2v) is 5.73. The van der Waals surface area contributed by atoms with Crippen molar-refractivity contribution in [2.45, 2.75) is 13.3 Å². The second-order valence-electron chi connectivity index (χ2n) is 3.91. The number of nitrogens with two attached hydrogens (primary N) is 1. The minimum absolute atomic E-state index is 0.100. The minimum Gasteiger partial charge on any atom is -0.477 e. The van der Waals surface area contributed by atoms with Crippen molar-refractivity contribution in [1.29, 1.82) is 0 Å². The van der Waals surface area contributed by atoms with Gasteiger partial charge in [-0.15, -0.1) is 11.3 Å². The Morgan fingerprint density at radius 3 is 2.79 bits per heavy atom. The van der Waals surface area contributed by atoms with E-state index in [0.717, 1.165) is 16.9 Å². The van der Waals surface area contributed by atoms with Crippen LogP contribution in [-0.4, -0.2) is 11.1 Å². The molecule has 0 spiro atoms. The number of rotatable bonds is 3. The van der Waals surface area contributed by atoms with Gasteiger partial charge in [-0.2, -0.15) is 0 Å². The Labute approximate surface area is 122 Å². The quantitative estimate of drug-likeness (QED) is 0.879. The maximum absolute atomic E-state index is 13.6. The highest BCUT2D eigenvalue weighted by atomic mass is 79.9. The van der Waals surface area contributed by atoms with Gasteiger partial charge in [0, 0.05) is 10.4 Å². The van der Waals surface area contributed by atoms with Crippen LogP contribution in [-0.2, 0) is 6.42 Å². The minimum atomic E-state index is -1.06. The standard InChI is InChI=1S/C13H11BrFNO2S/c1-2-6-10(16)12(13(17)18)19-11(6)7-4-3-5-8(15)9(7)14/h3-5H,2,16H2,1H3,(H,17,18). The third-order valence-corrected chi connectivity index (χ3v) is 4.87. The number of thiophene rings is 1. The molecule has 3 N–H and O–H groups in total. The van der Waals surface area contributed by atoms with Crippen molar-refractivity contribution in [2.24, 2.45) is 0 Å². The molecule has 1 aromatic heterocycles. The van der Waals surface area contributed by atoms with E-state index in [2.05, 4.69) is 15.9 Å². The van der Waals surface area contributed by atoms with Crippen LogP contribution < -0.4 is 5.73 Å². The summed E-state index contributed by atoms with van der Waals surface area (Å²) in [5.74, 6) is -1.45. The summed E-state index contributed by atoms with van der Waals surface area (Å²) in [7, 11) is 0. The van der Waals surface area contributed by atoms with Crippen molar-refractivity contribution in [3.63, 3.8) is 0 Å². The molecule has 0 aliphatic carbocycles. The molecule has 6 heteroatoms. The van der Waals surface area contributed by atoms with E-state index in [1.54, 1.807) is 12.1 Å². The predicted octanol–water partition coefficient (Wildman–Crippen LogP) is 4.16. The average Bonchev–Trinajstić information content (AvgIpc) is 2.69. The zero-order valence-corrected chi connectivity index (χ0v) is 12.4. The van der Waals surface area contributed by atoms with Crippen molar-refractivity contribution in [3.05, 3.63) is 38.9 Å². The lowest BCUT2D eigenvalue weighted by molar-refractivity contribution is 0.0703. The van der Waals surface area contributed by atoms with Gasteiger partial charge in [0.25, 0.3) is 0 Å². The van der Waals surface area contributed by atoms with E-state index >= 15 is 0 Å². The number of anilines is 1. The lowest BCUT2D eigenvalue weighted by atomic mass is 10.1. The molecule has 1 heterocycles. The number of carboxylic acids is 1. The Kier molecular flexibility index (Phi) is 3.91. The van der Waals surface area contributed by atoms with E-state index in [9.17, 15) is 9.18 Å². The maximum atomic E-state index is 13.6. The molecule has 0 radical (unpaired) electrons. The first-order valence-corrected chi connectivity index (χ1v) is 7.17. The first kappa shape index (κ1) is 14.0. The number of benzene rings is 1. The fraction of sp³-hybridized carbons (Fsp3) is 0.154. The van der Waals surface area contributed by atoms with Gasteiger partial charge in [0.1, 0.15) is 10.7 Å². The van der Waals surface area contributed by atoms with Gasteiger partial charge in [-0.25, -0.2) is 9.18 Å². The number of nitrogen functional groups attached to an aromatic ring is 1. The predicted molar refractivity (Wildman–Crippen MR) is 78.2 cm³/mol. The van der Waals surface area contributed by atoms with Crippen molar-refractivity contribution in [1.82, 2.24) is 0 Å². The first-order valence-electron chi connectivity index (χ1n) is 5.56. The Hall–Kier alpha value is -1.40. The zero-order chi connectivity index (χ0) is 14.2. The molecule has 3 nitrogen and oxygen atoms in total. The van der Waals surface area contributed by atoms with E-state index in [-0.39, 0.29) is 16.4 Å². The van der Waals surface area contributed by atoms with Crippen LogP contribution in [0.2, 0.25) is 0 Å². The first-order chi connectivity index (χ1) is 8.97. The maximum Gasteiger partial charge on any atom is 0.348 e. The molecule has 2 aromatic rings. The monoisotopic (exact) mass is 343 g/mol. The van der Waals surface area contributed by atoms with Crippen LogP contribution in [0.25, 0.3) is 10.4 Å². The molecule has 1 aromatic carbocycles. The molecular formula is C13H11BrFNO2S. The molecule has 0 unspecified atom stereocenters. The van der Waals surface area contributed by atoms with E-state index in [0.29, 0.717) is 21.3 Å². The third kappa shape index (κ3) is 2.37. The molecule has 0 bridgehead atoms. The highest BCUT2D eigenvalue weighted by Crippen LogP contribution is 2.42. The van der Waals surface area contributed by atoms with Gasteiger partial charge >= 0.3 is 5.97 Å². The second kappa shape index (κ2) is 5.30. The lowest BCUT2D eigenvalue weighted by Gasteiger charge is -2.06. The Bertz CT molecular complexity index is 654. The Morgan fingerprint density at radius 1 is 1.53 bits per heavy atom. The average molecular weight is 344 g/mol. The molecule has 0 fully saturated rings. The Morgan fingerprint density at radius 2 is 2.21 bits per heavy atom. The molecule has 0 aliphatic heterocycles. The van der Waals surface area contributed by atoms with Crippen molar-refractivity contribution >= 4 is 38.9 Å². The summed E-state index contributed by atoms with van der Waals surface area (Å²) in [4.78, 5) is 11.9. The van der Waals surface area contributed by atoms with Crippen LogP contribution in [0, 0.1) is 5.82 Å². The number of hydrogen-bond donors (Lipinski definition) is 2. The Balaban J connectivity index is 2.72. The molecule has 0 saturated carbocycles. The van der Waals surface area contributed by atoms with Gasteiger partial charge in [0.05, 0.1) is 10.2 Å². The van der Waals surface area contributed by atoms with Gasteiger partial charge in [-0.1, -0.05) is 19.1 Å². The molecule has 100 valence electrons. The van der Waals surface area contributed by atoms with Gasteiger partial charge in [0.2, 0.25) is 0 Å². The number of aromatic carboxylic acids is 1. The summed E-state index contributed by atoms with van der Waals surface area (Å²) in [5.41, 5.74) is 7.50. The number of hydrogen-bond acceptors (Lipinski definition) is 3. The van der Waals surface area contributed by atoms with E-state index < -0.39 is 5.97 Å². The SMILES string of the molecule is CCc1c(-c2cccc(F)c2Br)sc(C(=O)O)c1N. The zero-order valence-electron chi connectivity index (χ0n) is 10.0. The molecule has 0 amide bonds. The normalized spacial score (nSPS) is 10.7.